The molecule has 0 radical (unpaired) electrons. The molecule has 0 aromatic carbocycles. The van der Waals surface area contributed by atoms with E-state index in [2.05, 4.69) is 15.4 Å². The van der Waals surface area contributed by atoms with Gasteiger partial charge < -0.3 is 15.2 Å². The maximum absolute atomic E-state index is 8.56. The van der Waals surface area contributed by atoms with Crippen molar-refractivity contribution in [1.29, 1.82) is 0 Å². The molecule has 6 nitrogen and oxygen atoms in total. The Bertz CT molecular complexity index is 483. The first kappa shape index (κ1) is 11.8. The second-order valence-electron chi connectivity index (χ2n) is 3.65. The quantitative estimate of drug-likeness (QED) is 0.713. The third-order valence-corrected chi connectivity index (χ3v) is 2.28. The minimum absolute atomic E-state index is 0.0533. The van der Waals surface area contributed by atoms with Crippen LogP contribution in [-0.4, -0.2) is 46.1 Å². The summed E-state index contributed by atoms with van der Waals surface area (Å²) in [7, 11) is 0. The lowest BCUT2D eigenvalue weighted by Crippen LogP contribution is -2.14. The average molecular weight is 236 g/mol. The van der Waals surface area contributed by atoms with Gasteiger partial charge in [-0.25, -0.2) is 4.98 Å². The van der Waals surface area contributed by atoms with Crippen LogP contribution in [0.1, 0.15) is 5.69 Å². The van der Waals surface area contributed by atoms with Gasteiger partial charge in [0.25, 0.3) is 0 Å². The van der Waals surface area contributed by atoms with Gasteiger partial charge in [-0.1, -0.05) is 0 Å². The molecule has 92 valence electrons. The Balaban J connectivity index is 2.00. The number of aromatic nitrogens is 3. The second-order valence-corrected chi connectivity index (χ2v) is 3.65. The van der Waals surface area contributed by atoms with E-state index in [1.54, 1.807) is 10.7 Å². The van der Waals surface area contributed by atoms with Crippen molar-refractivity contribution in [3.8, 4) is 0 Å². The molecule has 0 unspecified atom stereocenters. The van der Waals surface area contributed by atoms with E-state index < -0.39 is 0 Å². The Hall–Kier alpha value is -1.66. The van der Waals surface area contributed by atoms with Crippen molar-refractivity contribution < 1.29 is 9.84 Å². The van der Waals surface area contributed by atoms with Gasteiger partial charge >= 0.3 is 0 Å². The predicted octanol–water partition coefficient (Wildman–Crippen LogP) is 0.459. The summed E-state index contributed by atoms with van der Waals surface area (Å²) in [5, 5.41) is 16.0. The number of hydrogen-bond donors (Lipinski definition) is 2. The van der Waals surface area contributed by atoms with Gasteiger partial charge in [-0.3, -0.25) is 0 Å². The summed E-state index contributed by atoms with van der Waals surface area (Å²) < 4.78 is 6.92. The highest BCUT2D eigenvalue weighted by atomic mass is 16.5. The Labute approximate surface area is 99.2 Å². The van der Waals surface area contributed by atoms with Crippen LogP contribution in [0.4, 0.5) is 5.82 Å². The Kier molecular flexibility index (Phi) is 3.89. The highest BCUT2D eigenvalue weighted by Gasteiger charge is 2.03. The molecule has 2 rings (SSSR count). The molecule has 2 aromatic rings. The van der Waals surface area contributed by atoms with E-state index in [0.29, 0.717) is 19.8 Å². The van der Waals surface area contributed by atoms with E-state index >= 15 is 0 Å². The zero-order valence-corrected chi connectivity index (χ0v) is 9.76. The normalized spacial score (nSPS) is 10.9. The average Bonchev–Trinajstić information content (AvgIpc) is 2.76. The first-order valence-corrected chi connectivity index (χ1v) is 5.55. The van der Waals surface area contributed by atoms with Gasteiger partial charge in [0.05, 0.1) is 26.0 Å². The number of hydrogen-bond acceptors (Lipinski definition) is 5. The standard InChI is InChI=1S/C11H16N4O2/c1-9-8-11(12-4-6-17-7-5-16)15-10(14-9)2-3-13-15/h2-3,8,12,16H,4-7H2,1H3. The monoisotopic (exact) mass is 236 g/mol. The summed E-state index contributed by atoms with van der Waals surface area (Å²) in [5.41, 5.74) is 1.76. The van der Waals surface area contributed by atoms with Crippen LogP contribution in [0, 0.1) is 6.92 Å². The van der Waals surface area contributed by atoms with Gasteiger partial charge in [-0.05, 0) is 6.92 Å². The molecule has 0 amide bonds. The van der Waals surface area contributed by atoms with E-state index in [9.17, 15) is 0 Å². The third-order valence-electron chi connectivity index (χ3n) is 2.28. The highest BCUT2D eigenvalue weighted by molar-refractivity contribution is 5.48. The van der Waals surface area contributed by atoms with Crippen molar-refractivity contribution in [2.45, 2.75) is 6.92 Å². The number of ether oxygens (including phenoxy) is 1. The number of rotatable bonds is 6. The van der Waals surface area contributed by atoms with E-state index in [-0.39, 0.29) is 6.61 Å². The van der Waals surface area contributed by atoms with Crippen LogP contribution < -0.4 is 5.32 Å². The van der Waals surface area contributed by atoms with Crippen LogP contribution in [0.5, 0.6) is 0 Å². The van der Waals surface area contributed by atoms with Gasteiger partial charge in [-0.15, -0.1) is 0 Å². The van der Waals surface area contributed by atoms with E-state index in [1.807, 2.05) is 19.1 Å². The molecule has 0 saturated heterocycles. The minimum atomic E-state index is 0.0533. The van der Waals surface area contributed by atoms with Gasteiger partial charge in [-0.2, -0.15) is 9.61 Å². The maximum Gasteiger partial charge on any atom is 0.157 e. The Morgan fingerprint density at radius 2 is 2.35 bits per heavy atom. The fourth-order valence-electron chi connectivity index (χ4n) is 1.58. The lowest BCUT2D eigenvalue weighted by atomic mass is 10.4. The summed E-state index contributed by atoms with van der Waals surface area (Å²) in [6.07, 6.45) is 1.72. The number of nitrogens with zero attached hydrogens (tertiary/aromatic N) is 3. The maximum atomic E-state index is 8.56. The molecule has 0 fully saturated rings. The zero-order chi connectivity index (χ0) is 12.1. The summed E-state index contributed by atoms with van der Waals surface area (Å²) in [5.74, 6) is 0.894. The van der Waals surface area contributed by atoms with E-state index in [1.165, 1.54) is 0 Å². The summed E-state index contributed by atoms with van der Waals surface area (Å²) in [6, 6.07) is 3.80. The Morgan fingerprint density at radius 3 is 3.18 bits per heavy atom. The highest BCUT2D eigenvalue weighted by Crippen LogP contribution is 2.11. The number of aryl methyl sites for hydroxylation is 1. The number of aliphatic hydroxyl groups is 1. The van der Waals surface area contributed by atoms with Crippen molar-refractivity contribution in [3.05, 3.63) is 24.0 Å². The molecule has 0 atom stereocenters. The Morgan fingerprint density at radius 1 is 1.47 bits per heavy atom. The molecule has 0 aliphatic rings. The first-order valence-electron chi connectivity index (χ1n) is 5.55. The van der Waals surface area contributed by atoms with Gasteiger partial charge in [0.2, 0.25) is 0 Å². The summed E-state index contributed by atoms with van der Waals surface area (Å²) in [6.45, 7) is 3.58. The topological polar surface area (TPSA) is 71.7 Å². The molecule has 6 heteroatoms. The SMILES string of the molecule is Cc1cc(NCCOCCO)n2nccc2n1. The zero-order valence-electron chi connectivity index (χ0n) is 9.76. The third kappa shape index (κ3) is 2.92. The summed E-state index contributed by atoms with van der Waals surface area (Å²) in [4.78, 5) is 4.35. The molecule has 2 N–H and O–H groups in total. The van der Waals surface area contributed by atoms with Gasteiger partial charge in [0.1, 0.15) is 5.82 Å². The molecule has 0 saturated carbocycles. The first-order chi connectivity index (χ1) is 8.31. The number of nitrogens with one attached hydrogen (secondary N) is 1. The molecule has 2 heterocycles. The molecule has 2 aromatic heterocycles. The molecule has 0 bridgehead atoms. The molecule has 0 spiro atoms. The van der Waals surface area contributed by atoms with Crippen molar-refractivity contribution in [2.75, 3.05) is 31.7 Å². The lowest BCUT2D eigenvalue weighted by Gasteiger charge is -2.09. The largest absolute Gasteiger partial charge is 0.394 e. The van der Waals surface area contributed by atoms with Gasteiger partial charge in [0.15, 0.2) is 5.65 Å². The van der Waals surface area contributed by atoms with Crippen LogP contribution >= 0.6 is 0 Å². The lowest BCUT2D eigenvalue weighted by molar-refractivity contribution is 0.0991. The fraction of sp³-hybridized carbons (Fsp3) is 0.455. The van der Waals surface area contributed by atoms with Crippen LogP contribution in [-0.2, 0) is 4.74 Å². The fourth-order valence-corrected chi connectivity index (χ4v) is 1.58. The van der Waals surface area contributed by atoms with Crippen molar-refractivity contribution in [3.63, 3.8) is 0 Å². The molecule has 0 aliphatic heterocycles. The van der Waals surface area contributed by atoms with Crippen LogP contribution in [0.15, 0.2) is 18.3 Å². The number of anilines is 1. The van der Waals surface area contributed by atoms with Crippen LogP contribution in [0.3, 0.4) is 0 Å². The molecule has 17 heavy (non-hydrogen) atoms. The predicted molar refractivity (Wildman–Crippen MR) is 64.1 cm³/mol. The van der Waals surface area contributed by atoms with Crippen molar-refractivity contribution >= 4 is 11.5 Å². The summed E-state index contributed by atoms with van der Waals surface area (Å²) >= 11 is 0. The second kappa shape index (κ2) is 5.60. The molecule has 0 aliphatic carbocycles. The van der Waals surface area contributed by atoms with Crippen molar-refractivity contribution in [1.82, 2.24) is 14.6 Å². The minimum Gasteiger partial charge on any atom is -0.394 e. The van der Waals surface area contributed by atoms with Crippen LogP contribution in [0.25, 0.3) is 5.65 Å². The number of aliphatic hydroxyl groups excluding tert-OH is 1. The van der Waals surface area contributed by atoms with E-state index in [4.69, 9.17) is 9.84 Å². The van der Waals surface area contributed by atoms with Crippen LogP contribution in [0.2, 0.25) is 0 Å². The smallest absolute Gasteiger partial charge is 0.157 e. The van der Waals surface area contributed by atoms with E-state index in [0.717, 1.165) is 17.2 Å². The van der Waals surface area contributed by atoms with Gasteiger partial charge in [0, 0.05) is 24.4 Å². The molecular formula is C11H16N4O2. The number of fused-ring (bicyclic) bond motifs is 1. The van der Waals surface area contributed by atoms with Crippen molar-refractivity contribution in [2.24, 2.45) is 0 Å². The molecular weight excluding hydrogens is 220 g/mol.